The number of aromatic nitrogens is 4. The van der Waals surface area contributed by atoms with Gasteiger partial charge in [0.15, 0.2) is 5.82 Å². The minimum Gasteiger partial charge on any atom is -0.319 e. The molecule has 1 aromatic heterocycles. The topological polar surface area (TPSA) is 80.5 Å². The molecule has 1 rings (SSSR count). The lowest BCUT2D eigenvalue weighted by atomic mass is 9.95. The Kier molecular flexibility index (Phi) is 3.28. The number of rotatable bonds is 4. The molecule has 0 aliphatic carbocycles. The van der Waals surface area contributed by atoms with Crippen molar-refractivity contribution in [2.45, 2.75) is 37.9 Å². The molecule has 5 nitrogen and oxygen atoms in total. The Balaban J connectivity index is 2.44. The number of hydrogen-bond donors (Lipinski definition) is 2. The van der Waals surface area contributed by atoms with Crippen molar-refractivity contribution < 1.29 is 13.2 Å². The van der Waals surface area contributed by atoms with E-state index in [1.54, 1.807) is 6.92 Å². The van der Waals surface area contributed by atoms with Crippen LogP contribution in [0.25, 0.3) is 0 Å². The Morgan fingerprint density at radius 1 is 1.33 bits per heavy atom. The van der Waals surface area contributed by atoms with Crippen molar-refractivity contribution in [1.82, 2.24) is 20.6 Å². The number of nitrogens with two attached hydrogens (primary N) is 1. The summed E-state index contributed by atoms with van der Waals surface area (Å²) in [6.07, 6.45) is -4.89. The second-order valence-corrected chi connectivity index (χ2v) is 3.62. The molecular weight excluding hydrogens is 211 g/mol. The standard InChI is InChI=1S/C7H12F3N5/c1-6(11,5-12-14-15-13-5)3-2-4-7(8,9)10/h2-4,11H2,1H3,(H,12,13,14,15). The van der Waals surface area contributed by atoms with Crippen molar-refractivity contribution in [3.05, 3.63) is 5.82 Å². The summed E-state index contributed by atoms with van der Waals surface area (Å²) in [7, 11) is 0. The maximum absolute atomic E-state index is 11.9. The number of nitrogens with zero attached hydrogens (tertiary/aromatic N) is 3. The van der Waals surface area contributed by atoms with Crippen LogP contribution in [0.3, 0.4) is 0 Å². The number of alkyl halides is 3. The number of hydrogen-bond acceptors (Lipinski definition) is 4. The summed E-state index contributed by atoms with van der Waals surface area (Å²) in [5, 5.41) is 12.8. The molecule has 15 heavy (non-hydrogen) atoms. The summed E-state index contributed by atoms with van der Waals surface area (Å²) in [4.78, 5) is 0. The number of aromatic amines is 1. The van der Waals surface area contributed by atoms with Crippen LogP contribution in [0.15, 0.2) is 0 Å². The van der Waals surface area contributed by atoms with Gasteiger partial charge in [0.05, 0.1) is 5.54 Å². The van der Waals surface area contributed by atoms with Gasteiger partial charge in [-0.05, 0) is 19.8 Å². The number of halogens is 3. The van der Waals surface area contributed by atoms with E-state index < -0.39 is 18.1 Å². The molecule has 86 valence electrons. The average Bonchev–Trinajstić information content (AvgIpc) is 2.52. The van der Waals surface area contributed by atoms with E-state index in [1.165, 1.54) is 0 Å². The predicted molar refractivity (Wildman–Crippen MR) is 45.6 cm³/mol. The Hall–Kier alpha value is -1.18. The molecule has 0 saturated carbocycles. The van der Waals surface area contributed by atoms with E-state index in [0.29, 0.717) is 0 Å². The average molecular weight is 223 g/mol. The maximum Gasteiger partial charge on any atom is 0.389 e. The van der Waals surface area contributed by atoms with Gasteiger partial charge in [-0.25, -0.2) is 0 Å². The zero-order chi connectivity index (χ0) is 11.5. The Morgan fingerprint density at radius 2 is 2.00 bits per heavy atom. The lowest BCUT2D eigenvalue weighted by Crippen LogP contribution is -2.34. The summed E-state index contributed by atoms with van der Waals surface area (Å²) in [6.45, 7) is 1.58. The van der Waals surface area contributed by atoms with Gasteiger partial charge in [-0.15, -0.1) is 10.2 Å². The molecule has 0 aliphatic rings. The van der Waals surface area contributed by atoms with E-state index in [9.17, 15) is 13.2 Å². The van der Waals surface area contributed by atoms with Gasteiger partial charge in [0.2, 0.25) is 0 Å². The van der Waals surface area contributed by atoms with Crippen LogP contribution in [0, 0.1) is 0 Å². The second-order valence-electron chi connectivity index (χ2n) is 3.62. The van der Waals surface area contributed by atoms with Crippen molar-refractivity contribution in [3.8, 4) is 0 Å². The van der Waals surface area contributed by atoms with Crippen LogP contribution < -0.4 is 5.73 Å². The summed E-state index contributed by atoms with van der Waals surface area (Å²) < 4.78 is 35.6. The number of tetrazole rings is 1. The third kappa shape index (κ3) is 3.82. The molecule has 0 spiro atoms. The van der Waals surface area contributed by atoms with Gasteiger partial charge in [0, 0.05) is 6.42 Å². The van der Waals surface area contributed by atoms with Crippen LogP contribution >= 0.6 is 0 Å². The largest absolute Gasteiger partial charge is 0.389 e. The van der Waals surface area contributed by atoms with Gasteiger partial charge < -0.3 is 5.73 Å². The Bertz CT molecular complexity index is 292. The van der Waals surface area contributed by atoms with Crippen LogP contribution in [0.5, 0.6) is 0 Å². The SMILES string of the molecule is CC(N)(CCCC(F)(F)F)c1nn[nH]n1. The summed E-state index contributed by atoms with van der Waals surface area (Å²) >= 11 is 0. The lowest BCUT2D eigenvalue weighted by molar-refractivity contribution is -0.136. The van der Waals surface area contributed by atoms with Crippen molar-refractivity contribution in [2.24, 2.45) is 5.73 Å². The fourth-order valence-corrected chi connectivity index (χ4v) is 1.17. The van der Waals surface area contributed by atoms with Gasteiger partial charge in [-0.3, -0.25) is 0 Å². The molecule has 0 bridgehead atoms. The number of H-pyrrole nitrogens is 1. The van der Waals surface area contributed by atoms with Gasteiger partial charge in [-0.1, -0.05) is 5.21 Å². The summed E-state index contributed by atoms with van der Waals surface area (Å²) in [5.74, 6) is 0.227. The van der Waals surface area contributed by atoms with Crippen molar-refractivity contribution in [1.29, 1.82) is 0 Å². The predicted octanol–water partition coefficient (Wildman–Crippen LogP) is 1.11. The molecule has 0 amide bonds. The van der Waals surface area contributed by atoms with Gasteiger partial charge in [-0.2, -0.15) is 18.4 Å². The zero-order valence-electron chi connectivity index (χ0n) is 8.17. The molecule has 0 fully saturated rings. The zero-order valence-corrected chi connectivity index (χ0v) is 8.17. The fraction of sp³-hybridized carbons (Fsp3) is 0.857. The van der Waals surface area contributed by atoms with E-state index >= 15 is 0 Å². The first-order chi connectivity index (χ1) is 6.81. The highest BCUT2D eigenvalue weighted by atomic mass is 19.4. The molecule has 3 N–H and O–H groups in total. The van der Waals surface area contributed by atoms with Crippen LogP contribution in [0.1, 0.15) is 32.0 Å². The second kappa shape index (κ2) is 4.13. The first kappa shape index (κ1) is 11.9. The molecule has 1 unspecified atom stereocenters. The monoisotopic (exact) mass is 223 g/mol. The number of nitrogens with one attached hydrogen (secondary N) is 1. The lowest BCUT2D eigenvalue weighted by Gasteiger charge is -2.20. The normalized spacial score (nSPS) is 16.3. The van der Waals surface area contributed by atoms with E-state index in [4.69, 9.17) is 5.73 Å². The van der Waals surface area contributed by atoms with Crippen molar-refractivity contribution in [2.75, 3.05) is 0 Å². The quantitative estimate of drug-likeness (QED) is 0.801. The first-order valence-corrected chi connectivity index (χ1v) is 4.41. The molecular formula is C7H12F3N5. The third-order valence-electron chi connectivity index (χ3n) is 2.01. The molecule has 0 saturated heterocycles. The highest BCUT2D eigenvalue weighted by Crippen LogP contribution is 2.26. The van der Waals surface area contributed by atoms with E-state index in [-0.39, 0.29) is 18.7 Å². The Labute approximate surface area is 84.2 Å². The minimum absolute atomic E-state index is 0.0506. The van der Waals surface area contributed by atoms with Crippen molar-refractivity contribution in [3.63, 3.8) is 0 Å². The highest BCUT2D eigenvalue weighted by Gasteiger charge is 2.30. The molecule has 0 aliphatic heterocycles. The maximum atomic E-state index is 11.9. The molecule has 8 heteroatoms. The summed E-state index contributed by atoms with van der Waals surface area (Å²) in [5.41, 5.74) is 4.79. The summed E-state index contributed by atoms with van der Waals surface area (Å²) in [6, 6.07) is 0. The van der Waals surface area contributed by atoms with Gasteiger partial charge >= 0.3 is 6.18 Å². The van der Waals surface area contributed by atoms with Crippen LogP contribution in [-0.4, -0.2) is 26.8 Å². The van der Waals surface area contributed by atoms with E-state index in [1.807, 2.05) is 0 Å². The molecule has 0 radical (unpaired) electrons. The molecule has 0 aromatic carbocycles. The fourth-order valence-electron chi connectivity index (χ4n) is 1.17. The molecule has 1 heterocycles. The van der Waals surface area contributed by atoms with Crippen LogP contribution in [0.2, 0.25) is 0 Å². The highest BCUT2D eigenvalue weighted by molar-refractivity contribution is 4.97. The third-order valence-corrected chi connectivity index (χ3v) is 2.01. The van der Waals surface area contributed by atoms with E-state index in [2.05, 4.69) is 20.6 Å². The van der Waals surface area contributed by atoms with E-state index in [0.717, 1.165) is 0 Å². The van der Waals surface area contributed by atoms with Crippen molar-refractivity contribution >= 4 is 0 Å². The smallest absolute Gasteiger partial charge is 0.319 e. The first-order valence-electron chi connectivity index (χ1n) is 4.41. The minimum atomic E-state index is -4.15. The van der Waals surface area contributed by atoms with Crippen LogP contribution in [-0.2, 0) is 5.54 Å². The van der Waals surface area contributed by atoms with Crippen LogP contribution in [0.4, 0.5) is 13.2 Å². The molecule has 1 atom stereocenters. The Morgan fingerprint density at radius 3 is 2.47 bits per heavy atom. The van der Waals surface area contributed by atoms with Gasteiger partial charge in [0.25, 0.3) is 0 Å². The molecule has 1 aromatic rings. The van der Waals surface area contributed by atoms with Gasteiger partial charge in [0.1, 0.15) is 0 Å².